The molecule has 1 saturated heterocycles. The molecule has 5 heterocycles. The number of Topliss-reactive ketones (excluding diaryl/α,β-unsaturated/α-hetero) is 1. The number of anilines is 1. The van der Waals surface area contributed by atoms with Crippen LogP contribution in [0.2, 0.25) is 0 Å². The molecule has 0 saturated carbocycles. The fourth-order valence-corrected chi connectivity index (χ4v) is 5.64. The number of carboxylic acid groups (broad SMARTS) is 1. The zero-order valence-corrected chi connectivity index (χ0v) is 22.6. The summed E-state index contributed by atoms with van der Waals surface area (Å²) in [6.07, 6.45) is 5.43. The summed E-state index contributed by atoms with van der Waals surface area (Å²) in [7, 11) is 0. The number of carbonyl (C=O) groups excluding carboxylic acids is 3. The highest BCUT2D eigenvalue weighted by atomic mass is 32.1. The van der Waals surface area contributed by atoms with Gasteiger partial charge in [-0.25, -0.2) is 4.98 Å². The number of thiazole rings is 1. The average molecular weight is 567 g/mol. The summed E-state index contributed by atoms with van der Waals surface area (Å²) in [6.45, 7) is 1.47. The summed E-state index contributed by atoms with van der Waals surface area (Å²) in [5.41, 5.74) is 2.10. The zero-order chi connectivity index (χ0) is 28.1. The SMILES string of the molecule is O=C(O)CCC1CC(=O)c2nn(C3CCOCC3)cc2NC(=O)c2csc(n2)-c2ccnc(c2)CCCNC1=O. The van der Waals surface area contributed by atoms with E-state index in [1.807, 2.05) is 12.1 Å². The van der Waals surface area contributed by atoms with Crippen LogP contribution >= 0.6 is 11.3 Å². The number of fused-ring (bicyclic) bond motifs is 6. The van der Waals surface area contributed by atoms with Crippen molar-refractivity contribution in [3.63, 3.8) is 0 Å². The molecular formula is C27H30N6O6S. The fraction of sp³-hybridized carbons (Fsp3) is 0.444. The molecule has 1 fully saturated rings. The van der Waals surface area contributed by atoms with Crippen molar-refractivity contribution in [1.29, 1.82) is 0 Å². The number of ether oxygens (including phenoxy) is 1. The Labute approximate surface area is 234 Å². The molecule has 0 aromatic carbocycles. The van der Waals surface area contributed by atoms with E-state index in [1.165, 1.54) is 11.3 Å². The molecule has 210 valence electrons. The quantitative estimate of drug-likeness (QED) is 0.430. The molecule has 5 rings (SSSR count). The third-order valence-electron chi connectivity index (χ3n) is 7.03. The molecule has 13 heteroatoms. The first-order valence-electron chi connectivity index (χ1n) is 13.3. The summed E-state index contributed by atoms with van der Waals surface area (Å²) in [5.74, 6) is -3.24. The van der Waals surface area contributed by atoms with E-state index < -0.39 is 23.6 Å². The molecular weight excluding hydrogens is 536 g/mol. The van der Waals surface area contributed by atoms with Crippen LogP contribution < -0.4 is 10.6 Å². The highest BCUT2D eigenvalue weighted by Crippen LogP contribution is 2.28. The third-order valence-corrected chi connectivity index (χ3v) is 7.92. The predicted octanol–water partition coefficient (Wildman–Crippen LogP) is 3.12. The maximum atomic E-state index is 13.5. The normalized spacial score (nSPS) is 19.2. The smallest absolute Gasteiger partial charge is 0.303 e. The number of hydrogen-bond acceptors (Lipinski definition) is 9. The molecule has 3 N–H and O–H groups in total. The van der Waals surface area contributed by atoms with Gasteiger partial charge < -0.3 is 20.5 Å². The van der Waals surface area contributed by atoms with Gasteiger partial charge in [0.05, 0.1) is 11.7 Å². The lowest BCUT2D eigenvalue weighted by molar-refractivity contribution is -0.137. The predicted molar refractivity (Wildman–Crippen MR) is 145 cm³/mol. The first-order valence-corrected chi connectivity index (χ1v) is 14.2. The molecule has 0 radical (unpaired) electrons. The number of aromatic nitrogens is 4. The van der Waals surface area contributed by atoms with Gasteiger partial charge in [0.2, 0.25) is 5.91 Å². The van der Waals surface area contributed by atoms with Crippen LogP contribution in [-0.2, 0) is 20.7 Å². The summed E-state index contributed by atoms with van der Waals surface area (Å²) in [4.78, 5) is 60.0. The van der Waals surface area contributed by atoms with Crippen LogP contribution in [0.3, 0.4) is 0 Å². The number of nitrogens with zero attached hydrogens (tertiary/aromatic N) is 4. The maximum Gasteiger partial charge on any atom is 0.303 e. The average Bonchev–Trinajstić information content (AvgIpc) is 3.61. The molecule has 1 atom stereocenters. The van der Waals surface area contributed by atoms with Gasteiger partial charge in [0.15, 0.2) is 11.5 Å². The van der Waals surface area contributed by atoms with Crippen LogP contribution in [0.5, 0.6) is 0 Å². The number of pyridine rings is 1. The van der Waals surface area contributed by atoms with Gasteiger partial charge in [-0.15, -0.1) is 11.3 Å². The minimum Gasteiger partial charge on any atom is -0.481 e. The van der Waals surface area contributed by atoms with Gasteiger partial charge in [-0.2, -0.15) is 5.10 Å². The minimum atomic E-state index is -1.05. The van der Waals surface area contributed by atoms with Crippen LogP contribution in [-0.4, -0.2) is 68.2 Å². The van der Waals surface area contributed by atoms with Crippen LogP contribution in [0.15, 0.2) is 29.9 Å². The van der Waals surface area contributed by atoms with Crippen molar-refractivity contribution in [2.24, 2.45) is 5.92 Å². The number of rotatable bonds is 4. The van der Waals surface area contributed by atoms with E-state index in [0.717, 1.165) is 11.3 Å². The van der Waals surface area contributed by atoms with E-state index in [0.29, 0.717) is 50.4 Å². The van der Waals surface area contributed by atoms with Crippen molar-refractivity contribution in [3.05, 3.63) is 47.0 Å². The lowest BCUT2D eigenvalue weighted by Gasteiger charge is -2.22. The molecule has 2 aliphatic heterocycles. The number of carbonyl (C=O) groups is 4. The van der Waals surface area contributed by atoms with E-state index in [9.17, 15) is 24.3 Å². The van der Waals surface area contributed by atoms with E-state index in [-0.39, 0.29) is 48.3 Å². The molecule has 1 unspecified atom stereocenters. The number of hydrogen-bond donors (Lipinski definition) is 3. The van der Waals surface area contributed by atoms with E-state index in [1.54, 1.807) is 22.5 Å². The monoisotopic (exact) mass is 566 g/mol. The molecule has 0 spiro atoms. The van der Waals surface area contributed by atoms with E-state index in [2.05, 4.69) is 25.7 Å². The molecule has 40 heavy (non-hydrogen) atoms. The van der Waals surface area contributed by atoms with Crippen LogP contribution in [0, 0.1) is 5.92 Å². The van der Waals surface area contributed by atoms with E-state index >= 15 is 0 Å². The van der Waals surface area contributed by atoms with Gasteiger partial charge in [0, 0.05) is 67.5 Å². The maximum absolute atomic E-state index is 13.5. The van der Waals surface area contributed by atoms with Crippen molar-refractivity contribution in [1.82, 2.24) is 25.1 Å². The number of carboxylic acids is 1. The lowest BCUT2D eigenvalue weighted by Crippen LogP contribution is -2.33. The van der Waals surface area contributed by atoms with E-state index in [4.69, 9.17) is 4.74 Å². The molecule has 3 aromatic heterocycles. The molecule has 2 aliphatic rings. The summed E-state index contributed by atoms with van der Waals surface area (Å²) in [6, 6.07) is 3.73. The fourth-order valence-electron chi connectivity index (χ4n) is 4.84. The molecule has 0 aliphatic carbocycles. The summed E-state index contributed by atoms with van der Waals surface area (Å²) >= 11 is 1.33. The lowest BCUT2D eigenvalue weighted by atomic mass is 9.94. The van der Waals surface area contributed by atoms with Gasteiger partial charge >= 0.3 is 5.97 Å². The Balaban J connectivity index is 1.49. The van der Waals surface area contributed by atoms with Crippen molar-refractivity contribution < 1.29 is 29.0 Å². The molecule has 12 nitrogen and oxygen atoms in total. The van der Waals surface area contributed by atoms with Crippen molar-refractivity contribution in [3.8, 4) is 10.6 Å². The Kier molecular flexibility index (Phi) is 8.60. The topological polar surface area (TPSA) is 165 Å². The zero-order valence-electron chi connectivity index (χ0n) is 21.8. The van der Waals surface area contributed by atoms with Gasteiger partial charge in [-0.3, -0.25) is 28.8 Å². The Morgan fingerprint density at radius 2 is 2.05 bits per heavy atom. The molecule has 2 amide bonds. The van der Waals surface area contributed by atoms with Crippen LogP contribution in [0.1, 0.15) is 71.2 Å². The second-order valence-corrected chi connectivity index (χ2v) is 10.8. The second kappa shape index (κ2) is 12.5. The number of ketones is 1. The number of aryl methyl sites for hydroxylation is 1. The molecule has 3 aromatic rings. The Bertz CT molecular complexity index is 1410. The number of nitrogens with one attached hydrogen (secondary N) is 2. The van der Waals surface area contributed by atoms with Crippen LogP contribution in [0.25, 0.3) is 10.6 Å². The highest BCUT2D eigenvalue weighted by molar-refractivity contribution is 7.13. The summed E-state index contributed by atoms with van der Waals surface area (Å²) < 4.78 is 7.12. The first-order chi connectivity index (χ1) is 19.4. The standard InChI is InChI=1S/C27H30N6O6S/c34-22-13-16(3-4-23(35)36)25(37)29-8-1-2-18-12-17(5-9-28-18)27-31-21(15-40-27)26(38)30-20-14-33(32-24(20)22)19-6-10-39-11-7-19/h5,9,12,14-16,19H,1-4,6-8,10-11,13H2,(H,29,37)(H,30,38)(H,35,36). The Morgan fingerprint density at radius 1 is 1.23 bits per heavy atom. The third kappa shape index (κ3) is 6.59. The van der Waals surface area contributed by atoms with Crippen LogP contribution in [0.4, 0.5) is 5.69 Å². The first kappa shape index (κ1) is 27.6. The second-order valence-electron chi connectivity index (χ2n) is 9.89. The Hall–Kier alpha value is -3.97. The van der Waals surface area contributed by atoms with Gasteiger partial charge in [0.25, 0.3) is 5.91 Å². The Morgan fingerprint density at radius 3 is 2.85 bits per heavy atom. The minimum absolute atomic E-state index is 0.000469. The number of aliphatic carboxylic acids is 1. The highest BCUT2D eigenvalue weighted by Gasteiger charge is 2.29. The molecule has 4 bridgehead atoms. The van der Waals surface area contributed by atoms with Crippen molar-refractivity contribution in [2.75, 3.05) is 25.1 Å². The largest absolute Gasteiger partial charge is 0.481 e. The van der Waals surface area contributed by atoms with Crippen molar-refractivity contribution in [2.45, 2.75) is 51.0 Å². The van der Waals surface area contributed by atoms with Crippen molar-refractivity contribution >= 4 is 40.6 Å². The number of amides is 2. The van der Waals surface area contributed by atoms with Gasteiger partial charge in [0.1, 0.15) is 10.7 Å². The van der Waals surface area contributed by atoms with Gasteiger partial charge in [-0.05, 0) is 44.2 Å². The summed E-state index contributed by atoms with van der Waals surface area (Å²) in [5, 5.41) is 21.7. The van der Waals surface area contributed by atoms with Gasteiger partial charge in [-0.1, -0.05) is 0 Å².